The highest BCUT2D eigenvalue weighted by molar-refractivity contribution is 7.99. The number of benzene rings is 1. The number of ketones is 1. The Kier molecular flexibility index (Phi) is 3.96. The Bertz CT molecular complexity index is 360. The number of hydrogen-bond donors (Lipinski definition) is 0. The van der Waals surface area contributed by atoms with Gasteiger partial charge in [-0.1, -0.05) is 0 Å². The zero-order valence-corrected chi connectivity index (χ0v) is 9.80. The average Bonchev–Trinajstić information content (AvgIpc) is 2.31. The fraction of sp³-hybridized carbons (Fsp3) is 0.417. The van der Waals surface area contributed by atoms with Crippen LogP contribution in [0.15, 0.2) is 24.3 Å². The molecule has 1 aliphatic heterocycles. The molecule has 0 unspecified atom stereocenters. The summed E-state index contributed by atoms with van der Waals surface area (Å²) < 4.78 is 12.7. The Labute approximate surface area is 98.8 Å². The molecule has 86 valence electrons. The van der Waals surface area contributed by atoms with E-state index in [4.69, 9.17) is 0 Å². The Morgan fingerprint density at radius 2 is 1.88 bits per heavy atom. The standard InChI is InChI=1S/C12H14FNOS/c13-11-3-1-10(2-4-11)12(15)9-14-5-7-16-8-6-14/h1-4H,5-9H2. The van der Waals surface area contributed by atoms with Crippen LogP contribution in [0.3, 0.4) is 0 Å². The molecule has 2 nitrogen and oxygen atoms in total. The van der Waals surface area contributed by atoms with Gasteiger partial charge in [0.2, 0.25) is 0 Å². The van der Waals surface area contributed by atoms with E-state index in [0.717, 1.165) is 24.6 Å². The van der Waals surface area contributed by atoms with Crippen molar-refractivity contribution >= 4 is 17.5 Å². The molecule has 0 amide bonds. The Morgan fingerprint density at radius 3 is 2.50 bits per heavy atom. The van der Waals surface area contributed by atoms with Crippen LogP contribution in [-0.4, -0.2) is 41.8 Å². The lowest BCUT2D eigenvalue weighted by molar-refractivity contribution is 0.0937. The van der Waals surface area contributed by atoms with E-state index in [1.54, 1.807) is 12.1 Å². The first-order valence-electron chi connectivity index (χ1n) is 5.34. The number of carbonyl (C=O) groups is 1. The number of halogens is 1. The lowest BCUT2D eigenvalue weighted by Crippen LogP contribution is -2.36. The van der Waals surface area contributed by atoms with Gasteiger partial charge in [0.15, 0.2) is 5.78 Å². The van der Waals surface area contributed by atoms with Crippen molar-refractivity contribution in [3.63, 3.8) is 0 Å². The van der Waals surface area contributed by atoms with Crippen molar-refractivity contribution in [3.8, 4) is 0 Å². The van der Waals surface area contributed by atoms with Crippen molar-refractivity contribution < 1.29 is 9.18 Å². The molecule has 1 aromatic rings. The molecule has 16 heavy (non-hydrogen) atoms. The molecule has 0 atom stereocenters. The second kappa shape index (κ2) is 5.46. The fourth-order valence-electron chi connectivity index (χ4n) is 1.69. The van der Waals surface area contributed by atoms with E-state index < -0.39 is 0 Å². The number of Topliss-reactive ketones (excluding diaryl/α,β-unsaturated/α-hetero) is 1. The quantitative estimate of drug-likeness (QED) is 0.753. The predicted molar refractivity (Wildman–Crippen MR) is 64.5 cm³/mol. The highest BCUT2D eigenvalue weighted by Crippen LogP contribution is 2.10. The number of nitrogens with zero attached hydrogens (tertiary/aromatic N) is 1. The summed E-state index contributed by atoms with van der Waals surface area (Å²) in [4.78, 5) is 14.0. The van der Waals surface area contributed by atoms with Gasteiger partial charge in [0.1, 0.15) is 5.82 Å². The molecule has 1 saturated heterocycles. The third kappa shape index (κ3) is 3.06. The van der Waals surface area contributed by atoms with E-state index in [1.165, 1.54) is 12.1 Å². The minimum atomic E-state index is -0.300. The van der Waals surface area contributed by atoms with Crippen LogP contribution in [0.25, 0.3) is 0 Å². The Hall–Kier alpha value is -0.870. The topological polar surface area (TPSA) is 20.3 Å². The average molecular weight is 239 g/mol. The van der Waals surface area contributed by atoms with E-state index >= 15 is 0 Å². The normalized spacial score (nSPS) is 17.3. The van der Waals surface area contributed by atoms with Gasteiger partial charge in [-0.2, -0.15) is 11.8 Å². The van der Waals surface area contributed by atoms with Gasteiger partial charge in [0.25, 0.3) is 0 Å². The van der Waals surface area contributed by atoms with E-state index in [9.17, 15) is 9.18 Å². The SMILES string of the molecule is O=C(CN1CCSCC1)c1ccc(F)cc1. The van der Waals surface area contributed by atoms with Crippen LogP contribution in [0.1, 0.15) is 10.4 Å². The summed E-state index contributed by atoms with van der Waals surface area (Å²) in [6, 6.07) is 5.77. The zero-order valence-electron chi connectivity index (χ0n) is 8.99. The maximum absolute atomic E-state index is 12.7. The maximum Gasteiger partial charge on any atom is 0.176 e. The molecule has 0 aliphatic carbocycles. The Morgan fingerprint density at radius 1 is 1.25 bits per heavy atom. The number of hydrogen-bond acceptors (Lipinski definition) is 3. The summed E-state index contributed by atoms with van der Waals surface area (Å²) in [5.41, 5.74) is 0.597. The van der Waals surface area contributed by atoms with E-state index in [0.29, 0.717) is 12.1 Å². The van der Waals surface area contributed by atoms with Gasteiger partial charge in [-0.25, -0.2) is 4.39 Å². The molecule has 4 heteroatoms. The molecular formula is C12H14FNOS. The molecule has 1 aliphatic rings. The van der Waals surface area contributed by atoms with Gasteiger partial charge in [-0.05, 0) is 24.3 Å². The molecule has 1 heterocycles. The van der Waals surface area contributed by atoms with Gasteiger partial charge in [-0.15, -0.1) is 0 Å². The van der Waals surface area contributed by atoms with E-state index in [-0.39, 0.29) is 11.6 Å². The second-order valence-corrected chi connectivity index (χ2v) is 5.04. The number of carbonyl (C=O) groups excluding carboxylic acids is 1. The van der Waals surface area contributed by atoms with Crippen molar-refractivity contribution in [3.05, 3.63) is 35.6 Å². The van der Waals surface area contributed by atoms with Gasteiger partial charge in [0, 0.05) is 30.2 Å². The third-order valence-corrected chi connectivity index (χ3v) is 3.58. The molecule has 1 fully saturated rings. The van der Waals surface area contributed by atoms with Gasteiger partial charge in [-0.3, -0.25) is 9.69 Å². The van der Waals surface area contributed by atoms with Crippen LogP contribution < -0.4 is 0 Å². The van der Waals surface area contributed by atoms with Crippen molar-refractivity contribution in [2.45, 2.75) is 0 Å². The van der Waals surface area contributed by atoms with Crippen molar-refractivity contribution in [1.82, 2.24) is 4.90 Å². The molecule has 0 bridgehead atoms. The Balaban J connectivity index is 1.94. The van der Waals surface area contributed by atoms with Crippen LogP contribution in [0, 0.1) is 5.82 Å². The monoisotopic (exact) mass is 239 g/mol. The molecule has 0 N–H and O–H groups in total. The molecule has 0 spiro atoms. The first-order valence-corrected chi connectivity index (χ1v) is 6.50. The molecule has 2 rings (SSSR count). The van der Waals surface area contributed by atoms with Crippen molar-refractivity contribution in [2.24, 2.45) is 0 Å². The summed E-state index contributed by atoms with van der Waals surface area (Å²) in [7, 11) is 0. The lowest BCUT2D eigenvalue weighted by Gasteiger charge is -2.25. The first-order chi connectivity index (χ1) is 7.75. The van der Waals surface area contributed by atoms with Crippen LogP contribution in [0.4, 0.5) is 4.39 Å². The largest absolute Gasteiger partial charge is 0.294 e. The summed E-state index contributed by atoms with van der Waals surface area (Å²) in [6.07, 6.45) is 0. The van der Waals surface area contributed by atoms with E-state index in [1.807, 2.05) is 11.8 Å². The number of rotatable bonds is 3. The molecule has 1 aromatic carbocycles. The van der Waals surface area contributed by atoms with Crippen LogP contribution in [-0.2, 0) is 0 Å². The highest BCUT2D eigenvalue weighted by Gasteiger charge is 2.15. The minimum absolute atomic E-state index is 0.0758. The van der Waals surface area contributed by atoms with Crippen LogP contribution in [0.5, 0.6) is 0 Å². The first kappa shape index (κ1) is 11.6. The highest BCUT2D eigenvalue weighted by atomic mass is 32.2. The molecule has 0 saturated carbocycles. The smallest absolute Gasteiger partial charge is 0.176 e. The predicted octanol–water partition coefficient (Wildman–Crippen LogP) is 2.06. The summed E-state index contributed by atoms with van der Waals surface area (Å²) >= 11 is 1.92. The van der Waals surface area contributed by atoms with Crippen molar-refractivity contribution in [1.29, 1.82) is 0 Å². The molecule has 0 radical (unpaired) electrons. The summed E-state index contributed by atoms with van der Waals surface area (Å²) in [5, 5.41) is 0. The fourth-order valence-corrected chi connectivity index (χ4v) is 2.67. The molecule has 0 aromatic heterocycles. The van der Waals surface area contributed by atoms with Gasteiger partial charge >= 0.3 is 0 Å². The molecular weight excluding hydrogens is 225 g/mol. The minimum Gasteiger partial charge on any atom is -0.294 e. The van der Waals surface area contributed by atoms with Crippen LogP contribution >= 0.6 is 11.8 Å². The third-order valence-electron chi connectivity index (χ3n) is 2.64. The van der Waals surface area contributed by atoms with E-state index in [2.05, 4.69) is 4.90 Å². The summed E-state index contributed by atoms with van der Waals surface area (Å²) in [5.74, 6) is 1.96. The zero-order chi connectivity index (χ0) is 11.4. The maximum atomic E-state index is 12.7. The van der Waals surface area contributed by atoms with Gasteiger partial charge < -0.3 is 0 Å². The lowest BCUT2D eigenvalue weighted by atomic mass is 10.1. The van der Waals surface area contributed by atoms with Crippen molar-refractivity contribution in [2.75, 3.05) is 31.1 Å². The second-order valence-electron chi connectivity index (χ2n) is 3.82. The number of thioether (sulfide) groups is 1. The van der Waals surface area contributed by atoms with Gasteiger partial charge in [0.05, 0.1) is 6.54 Å². The van der Waals surface area contributed by atoms with Crippen LogP contribution in [0.2, 0.25) is 0 Å². The summed E-state index contributed by atoms with van der Waals surface area (Å²) in [6.45, 7) is 2.39.